The molecule has 0 unspecified atom stereocenters. The van der Waals surface area contributed by atoms with Gasteiger partial charge in [-0.3, -0.25) is 0 Å². The molecule has 7 heavy (non-hydrogen) atoms. The summed E-state index contributed by atoms with van der Waals surface area (Å²) in [4.78, 5) is 0. The standard InChI is InChI=1S/C4H12S2Si/c1-5-7(3,4)6-2/h1-4H3. The fourth-order valence-corrected chi connectivity index (χ4v) is 2.25. The van der Waals surface area contributed by atoms with Crippen molar-refractivity contribution in [3.63, 3.8) is 0 Å². The summed E-state index contributed by atoms with van der Waals surface area (Å²) in [5.74, 6) is 0. The molecule has 0 aliphatic heterocycles. The molecule has 0 rings (SSSR count). The molecule has 0 amide bonds. The Labute approximate surface area is 54.7 Å². The Morgan fingerprint density at radius 1 is 1.00 bits per heavy atom. The van der Waals surface area contributed by atoms with Crippen LogP contribution in [0.25, 0.3) is 0 Å². The molecule has 0 bridgehead atoms. The second-order valence-electron chi connectivity index (χ2n) is 1.81. The van der Waals surface area contributed by atoms with Crippen molar-refractivity contribution in [3.8, 4) is 0 Å². The lowest BCUT2D eigenvalue weighted by molar-refractivity contribution is 2.07. The van der Waals surface area contributed by atoms with E-state index >= 15 is 0 Å². The van der Waals surface area contributed by atoms with Gasteiger partial charge in [0.1, 0.15) is 0 Å². The van der Waals surface area contributed by atoms with E-state index in [1.807, 2.05) is 22.4 Å². The van der Waals surface area contributed by atoms with Gasteiger partial charge in [0.15, 0.2) is 6.37 Å². The largest absolute Gasteiger partial charge is 0.176 e. The molecule has 0 aromatic heterocycles. The van der Waals surface area contributed by atoms with Crippen LogP contribution < -0.4 is 0 Å². The molecule has 0 atom stereocenters. The van der Waals surface area contributed by atoms with Gasteiger partial charge >= 0.3 is 0 Å². The predicted octanol–water partition coefficient (Wildman–Crippen LogP) is 2.41. The van der Waals surface area contributed by atoms with Crippen LogP contribution in [0.4, 0.5) is 0 Å². The maximum Gasteiger partial charge on any atom is 0.169 e. The summed E-state index contributed by atoms with van der Waals surface area (Å²) >= 11 is 4.06. The van der Waals surface area contributed by atoms with Crippen LogP contribution in [-0.2, 0) is 0 Å². The van der Waals surface area contributed by atoms with Gasteiger partial charge in [0.25, 0.3) is 0 Å². The van der Waals surface area contributed by atoms with Gasteiger partial charge in [-0.05, 0) is 12.5 Å². The van der Waals surface area contributed by atoms with Crippen molar-refractivity contribution >= 4 is 28.8 Å². The van der Waals surface area contributed by atoms with Gasteiger partial charge in [0, 0.05) is 0 Å². The molecule has 0 N–H and O–H groups in total. The van der Waals surface area contributed by atoms with Crippen molar-refractivity contribution in [2.24, 2.45) is 0 Å². The molecule has 44 valence electrons. The van der Waals surface area contributed by atoms with Gasteiger partial charge in [-0.15, -0.1) is 0 Å². The molecule has 0 saturated heterocycles. The lowest BCUT2D eigenvalue weighted by Gasteiger charge is -2.13. The van der Waals surface area contributed by atoms with Crippen LogP contribution in [0.5, 0.6) is 0 Å². The Bertz CT molecular complexity index is 47.7. The highest BCUT2D eigenvalue weighted by Gasteiger charge is 2.15. The van der Waals surface area contributed by atoms with E-state index in [1.165, 1.54) is 0 Å². The Kier molecular flexibility index (Phi) is 3.44. The molecular weight excluding hydrogens is 140 g/mol. The number of rotatable bonds is 2. The summed E-state index contributed by atoms with van der Waals surface area (Å²) < 4.78 is 0. The summed E-state index contributed by atoms with van der Waals surface area (Å²) in [6.07, 6.45) is 3.58. The molecule has 0 fully saturated rings. The van der Waals surface area contributed by atoms with Crippen LogP contribution in [0, 0.1) is 0 Å². The van der Waals surface area contributed by atoms with Crippen LogP contribution in [0.15, 0.2) is 0 Å². The minimum atomic E-state index is -0.818. The molecule has 0 aliphatic carbocycles. The van der Waals surface area contributed by atoms with Gasteiger partial charge in [0.05, 0.1) is 0 Å². The average molecular weight is 152 g/mol. The minimum Gasteiger partial charge on any atom is -0.176 e. The normalized spacial score (nSPS) is 12.0. The van der Waals surface area contributed by atoms with E-state index in [-0.39, 0.29) is 0 Å². The van der Waals surface area contributed by atoms with Gasteiger partial charge in [0.2, 0.25) is 0 Å². The van der Waals surface area contributed by atoms with Crippen molar-refractivity contribution in [2.45, 2.75) is 13.1 Å². The predicted molar refractivity (Wildman–Crippen MR) is 44.5 cm³/mol. The molecule has 0 aliphatic rings. The summed E-state index contributed by atoms with van der Waals surface area (Å²) in [5, 5.41) is 0. The zero-order chi connectivity index (χ0) is 5.91. The first-order valence-corrected chi connectivity index (χ1v) is 9.12. The number of hydrogen-bond donors (Lipinski definition) is 0. The minimum absolute atomic E-state index is 0.818. The van der Waals surface area contributed by atoms with E-state index in [9.17, 15) is 0 Å². The average Bonchev–Trinajstić information content (AvgIpc) is 1.68. The number of hydrogen-bond acceptors (Lipinski definition) is 2. The third-order valence-electron chi connectivity index (χ3n) is 0.983. The van der Waals surface area contributed by atoms with Crippen LogP contribution in [0.2, 0.25) is 13.1 Å². The Hall–Kier alpha value is 0.917. The molecular formula is C4H12S2Si. The topological polar surface area (TPSA) is 0 Å². The second kappa shape index (κ2) is 3.05. The van der Waals surface area contributed by atoms with Crippen LogP contribution in [-0.4, -0.2) is 18.9 Å². The van der Waals surface area contributed by atoms with E-state index in [0.717, 1.165) is 0 Å². The van der Waals surface area contributed by atoms with Gasteiger partial charge in [-0.1, -0.05) is 13.1 Å². The molecule has 0 nitrogen and oxygen atoms in total. The zero-order valence-electron chi connectivity index (χ0n) is 5.32. The fraction of sp³-hybridized carbons (Fsp3) is 1.00. The first-order valence-electron chi connectivity index (χ1n) is 2.22. The third kappa shape index (κ3) is 3.50. The summed E-state index contributed by atoms with van der Waals surface area (Å²) in [5.41, 5.74) is 0. The highest BCUT2D eigenvalue weighted by atomic mass is 32.6. The van der Waals surface area contributed by atoms with E-state index in [4.69, 9.17) is 0 Å². The smallest absolute Gasteiger partial charge is 0.169 e. The highest BCUT2D eigenvalue weighted by molar-refractivity contribution is 8.57. The molecule has 0 heterocycles. The van der Waals surface area contributed by atoms with E-state index < -0.39 is 6.37 Å². The Morgan fingerprint density at radius 2 is 1.29 bits per heavy atom. The second-order valence-corrected chi connectivity index (χ2v) is 14.8. The molecule has 0 aromatic rings. The monoisotopic (exact) mass is 152 g/mol. The quantitative estimate of drug-likeness (QED) is 0.557. The van der Waals surface area contributed by atoms with E-state index in [2.05, 4.69) is 25.6 Å². The van der Waals surface area contributed by atoms with Crippen molar-refractivity contribution in [2.75, 3.05) is 12.5 Å². The van der Waals surface area contributed by atoms with E-state index in [1.54, 1.807) is 0 Å². The summed E-state index contributed by atoms with van der Waals surface area (Å²) in [6.45, 7) is 4.73. The SMILES string of the molecule is CS[Si](C)(C)SC. The maximum absolute atomic E-state index is 2.36. The van der Waals surface area contributed by atoms with Crippen LogP contribution in [0.1, 0.15) is 0 Å². The van der Waals surface area contributed by atoms with Gasteiger partial charge < -0.3 is 0 Å². The molecule has 0 spiro atoms. The fourth-order valence-electron chi connectivity index (χ4n) is 0.0833. The van der Waals surface area contributed by atoms with Crippen molar-refractivity contribution in [1.29, 1.82) is 0 Å². The maximum atomic E-state index is 2.36. The molecule has 0 saturated carbocycles. The van der Waals surface area contributed by atoms with Crippen molar-refractivity contribution < 1.29 is 0 Å². The third-order valence-corrected chi connectivity index (χ3v) is 11.8. The lowest BCUT2D eigenvalue weighted by Crippen LogP contribution is -2.12. The van der Waals surface area contributed by atoms with Gasteiger partial charge in [-0.2, -0.15) is 22.4 Å². The summed E-state index contributed by atoms with van der Waals surface area (Å²) in [7, 11) is 0. The molecule has 0 aromatic carbocycles. The van der Waals surface area contributed by atoms with Crippen LogP contribution >= 0.6 is 22.4 Å². The van der Waals surface area contributed by atoms with Crippen molar-refractivity contribution in [3.05, 3.63) is 0 Å². The van der Waals surface area contributed by atoms with Crippen LogP contribution in [0.3, 0.4) is 0 Å². The first-order chi connectivity index (χ1) is 3.12. The Morgan fingerprint density at radius 3 is 1.29 bits per heavy atom. The van der Waals surface area contributed by atoms with E-state index in [0.29, 0.717) is 0 Å². The molecule has 3 heteroatoms. The summed E-state index contributed by atoms with van der Waals surface area (Å²) in [6, 6.07) is 0. The Balaban J connectivity index is 3.36. The molecule has 0 radical (unpaired) electrons. The van der Waals surface area contributed by atoms with Gasteiger partial charge in [-0.25, -0.2) is 0 Å². The lowest BCUT2D eigenvalue weighted by atomic mass is 11.9. The zero-order valence-corrected chi connectivity index (χ0v) is 7.95. The first kappa shape index (κ1) is 7.92. The van der Waals surface area contributed by atoms with Crippen molar-refractivity contribution in [1.82, 2.24) is 0 Å². The highest BCUT2D eigenvalue weighted by Crippen LogP contribution is 2.26.